The van der Waals surface area contributed by atoms with E-state index in [-0.39, 0.29) is 16.8 Å². The molecule has 1 aliphatic rings. The summed E-state index contributed by atoms with van der Waals surface area (Å²) in [6, 6.07) is 4.41. The molecule has 1 fully saturated rings. The summed E-state index contributed by atoms with van der Waals surface area (Å²) in [6.07, 6.45) is 0.728. The van der Waals surface area contributed by atoms with Crippen molar-refractivity contribution in [3.05, 3.63) is 29.0 Å². The second-order valence-corrected chi connectivity index (χ2v) is 4.65. The zero-order chi connectivity index (χ0) is 13.1. The topological polar surface area (TPSA) is 29.5 Å². The molecular formula is C13H15ClFNO2. The molecule has 1 aliphatic heterocycles. The molecule has 0 bridgehead atoms. The predicted molar refractivity (Wildman–Crippen MR) is 68.4 cm³/mol. The smallest absolute Gasteiger partial charge is 0.232 e. The lowest BCUT2D eigenvalue weighted by molar-refractivity contribution is -0.122. The second kappa shape index (κ2) is 5.67. The molecule has 1 aromatic rings. The lowest BCUT2D eigenvalue weighted by Gasteiger charge is -2.24. The van der Waals surface area contributed by atoms with Gasteiger partial charge in [0.25, 0.3) is 0 Å². The highest BCUT2D eigenvalue weighted by atomic mass is 35.5. The summed E-state index contributed by atoms with van der Waals surface area (Å²) in [7, 11) is 0. The molecular weight excluding hydrogens is 257 g/mol. The second-order valence-electron chi connectivity index (χ2n) is 4.24. The van der Waals surface area contributed by atoms with E-state index in [1.165, 1.54) is 12.1 Å². The zero-order valence-corrected chi connectivity index (χ0v) is 10.9. The van der Waals surface area contributed by atoms with Crippen molar-refractivity contribution in [1.82, 2.24) is 0 Å². The monoisotopic (exact) mass is 271 g/mol. The summed E-state index contributed by atoms with van der Waals surface area (Å²) in [4.78, 5) is 13.8. The minimum absolute atomic E-state index is 0.0169. The quantitative estimate of drug-likeness (QED) is 0.846. The molecule has 1 atom stereocenters. The molecule has 98 valence electrons. The molecule has 1 saturated heterocycles. The van der Waals surface area contributed by atoms with Crippen LogP contribution in [0.5, 0.6) is 0 Å². The van der Waals surface area contributed by atoms with Gasteiger partial charge in [-0.1, -0.05) is 11.6 Å². The first-order chi connectivity index (χ1) is 8.63. The van der Waals surface area contributed by atoms with Crippen molar-refractivity contribution in [2.24, 2.45) is 5.92 Å². The number of amides is 1. The van der Waals surface area contributed by atoms with Gasteiger partial charge in [0.05, 0.1) is 17.5 Å². The van der Waals surface area contributed by atoms with E-state index in [9.17, 15) is 9.18 Å². The van der Waals surface area contributed by atoms with Gasteiger partial charge < -0.3 is 9.64 Å². The number of ether oxygens (including phenoxy) is 1. The standard InChI is InChI=1S/C13H15ClFNO2/c1-2-16(13(17)9-5-6-18-8-9)10-3-4-11(14)12(15)7-10/h3-4,7,9H,2,5-6,8H2,1H3. The van der Waals surface area contributed by atoms with Crippen LogP contribution in [-0.4, -0.2) is 25.7 Å². The molecule has 18 heavy (non-hydrogen) atoms. The maximum absolute atomic E-state index is 13.4. The highest BCUT2D eigenvalue weighted by molar-refractivity contribution is 6.30. The lowest BCUT2D eigenvalue weighted by atomic mass is 10.1. The number of hydrogen-bond acceptors (Lipinski definition) is 2. The molecule has 0 aliphatic carbocycles. The number of rotatable bonds is 3. The van der Waals surface area contributed by atoms with Gasteiger partial charge in [-0.2, -0.15) is 0 Å². The first-order valence-electron chi connectivity index (χ1n) is 5.97. The Morgan fingerprint density at radius 2 is 2.39 bits per heavy atom. The number of nitrogens with zero attached hydrogens (tertiary/aromatic N) is 1. The average Bonchev–Trinajstić information content (AvgIpc) is 2.88. The van der Waals surface area contributed by atoms with Crippen LogP contribution in [0.25, 0.3) is 0 Å². The molecule has 0 N–H and O–H groups in total. The van der Waals surface area contributed by atoms with Crippen LogP contribution in [0.4, 0.5) is 10.1 Å². The third kappa shape index (κ3) is 2.65. The highest BCUT2D eigenvalue weighted by Crippen LogP contribution is 2.25. The maximum atomic E-state index is 13.4. The van der Waals surface area contributed by atoms with E-state index in [1.54, 1.807) is 11.0 Å². The molecule has 2 rings (SSSR count). The van der Waals surface area contributed by atoms with Crippen LogP contribution in [-0.2, 0) is 9.53 Å². The van der Waals surface area contributed by atoms with Crippen LogP contribution in [0.15, 0.2) is 18.2 Å². The third-order valence-electron chi connectivity index (χ3n) is 3.08. The van der Waals surface area contributed by atoms with Crippen molar-refractivity contribution in [1.29, 1.82) is 0 Å². The highest BCUT2D eigenvalue weighted by Gasteiger charge is 2.28. The van der Waals surface area contributed by atoms with E-state index in [1.807, 2.05) is 6.92 Å². The number of benzene rings is 1. The molecule has 5 heteroatoms. The minimum Gasteiger partial charge on any atom is -0.381 e. The largest absolute Gasteiger partial charge is 0.381 e. The first kappa shape index (κ1) is 13.3. The fourth-order valence-corrected chi connectivity index (χ4v) is 2.19. The van der Waals surface area contributed by atoms with E-state index in [0.717, 1.165) is 6.42 Å². The van der Waals surface area contributed by atoms with Crippen LogP contribution in [0.3, 0.4) is 0 Å². The summed E-state index contributed by atoms with van der Waals surface area (Å²) in [5.41, 5.74) is 0.538. The normalized spacial score (nSPS) is 18.9. The molecule has 1 aromatic carbocycles. The zero-order valence-electron chi connectivity index (χ0n) is 10.2. The number of hydrogen-bond donors (Lipinski definition) is 0. The van der Waals surface area contributed by atoms with E-state index >= 15 is 0 Å². The number of halogens is 2. The summed E-state index contributed by atoms with van der Waals surface area (Å²) >= 11 is 5.64. The van der Waals surface area contributed by atoms with Gasteiger partial charge >= 0.3 is 0 Å². The van der Waals surface area contributed by atoms with Crippen LogP contribution in [0.1, 0.15) is 13.3 Å². The summed E-state index contributed by atoms with van der Waals surface area (Å²) in [5, 5.41) is 0.0615. The average molecular weight is 272 g/mol. The van der Waals surface area contributed by atoms with E-state index in [2.05, 4.69) is 0 Å². The Bertz CT molecular complexity index is 447. The van der Waals surface area contributed by atoms with Gasteiger partial charge in [-0.05, 0) is 31.5 Å². The van der Waals surface area contributed by atoms with Crippen molar-refractivity contribution in [3.8, 4) is 0 Å². The SMILES string of the molecule is CCN(C(=O)C1CCOC1)c1ccc(Cl)c(F)c1. The van der Waals surface area contributed by atoms with Crippen LogP contribution in [0, 0.1) is 11.7 Å². The molecule has 1 amide bonds. The van der Waals surface area contributed by atoms with Gasteiger partial charge in [0.2, 0.25) is 5.91 Å². The predicted octanol–water partition coefficient (Wildman–Crippen LogP) is 2.87. The van der Waals surface area contributed by atoms with Crippen molar-refractivity contribution >= 4 is 23.2 Å². The summed E-state index contributed by atoms with van der Waals surface area (Å²) in [5.74, 6) is -0.650. The summed E-state index contributed by atoms with van der Waals surface area (Å²) < 4.78 is 18.6. The molecule has 0 aromatic heterocycles. The molecule has 1 heterocycles. The Hall–Kier alpha value is -1.13. The Balaban J connectivity index is 2.21. The van der Waals surface area contributed by atoms with Crippen molar-refractivity contribution < 1.29 is 13.9 Å². The van der Waals surface area contributed by atoms with Gasteiger partial charge in [0, 0.05) is 18.8 Å². The Labute approximate surface area is 110 Å². The van der Waals surface area contributed by atoms with Gasteiger partial charge in [0.15, 0.2) is 0 Å². The molecule has 0 spiro atoms. The Morgan fingerprint density at radius 3 is 2.94 bits per heavy atom. The molecule has 0 radical (unpaired) electrons. The summed E-state index contributed by atoms with van der Waals surface area (Å²) in [6.45, 7) is 3.42. The fraction of sp³-hybridized carbons (Fsp3) is 0.462. The minimum atomic E-state index is -0.511. The van der Waals surface area contributed by atoms with Crippen LogP contribution >= 0.6 is 11.6 Å². The van der Waals surface area contributed by atoms with Crippen molar-refractivity contribution in [2.45, 2.75) is 13.3 Å². The Morgan fingerprint density at radius 1 is 1.61 bits per heavy atom. The third-order valence-corrected chi connectivity index (χ3v) is 3.38. The van der Waals surface area contributed by atoms with Crippen molar-refractivity contribution in [3.63, 3.8) is 0 Å². The lowest BCUT2D eigenvalue weighted by Crippen LogP contribution is -2.36. The maximum Gasteiger partial charge on any atom is 0.232 e. The van der Waals surface area contributed by atoms with E-state index in [0.29, 0.717) is 25.4 Å². The van der Waals surface area contributed by atoms with Crippen molar-refractivity contribution in [2.75, 3.05) is 24.7 Å². The fourth-order valence-electron chi connectivity index (χ4n) is 2.07. The van der Waals surface area contributed by atoms with Gasteiger partial charge in [-0.25, -0.2) is 4.39 Å². The first-order valence-corrected chi connectivity index (χ1v) is 6.35. The van der Waals surface area contributed by atoms with Crippen LogP contribution < -0.4 is 4.90 Å². The molecule has 0 saturated carbocycles. The number of anilines is 1. The number of carbonyl (C=O) groups excluding carboxylic acids is 1. The Kier molecular flexibility index (Phi) is 4.19. The molecule has 3 nitrogen and oxygen atoms in total. The van der Waals surface area contributed by atoms with E-state index in [4.69, 9.17) is 16.3 Å². The number of carbonyl (C=O) groups is 1. The van der Waals surface area contributed by atoms with Gasteiger partial charge in [-0.3, -0.25) is 4.79 Å². The van der Waals surface area contributed by atoms with E-state index < -0.39 is 5.82 Å². The molecule has 1 unspecified atom stereocenters. The van der Waals surface area contributed by atoms with Gasteiger partial charge in [0.1, 0.15) is 5.82 Å². The van der Waals surface area contributed by atoms with Gasteiger partial charge in [-0.15, -0.1) is 0 Å². The van der Waals surface area contributed by atoms with Crippen LogP contribution in [0.2, 0.25) is 5.02 Å².